The molecule has 0 spiro atoms. The monoisotopic (exact) mass is 149 g/mol. The Kier molecular flexibility index (Phi) is 1.87. The summed E-state index contributed by atoms with van der Waals surface area (Å²) in [5.74, 6) is 0. The molecule has 1 fully saturated rings. The molecule has 0 bridgehead atoms. The van der Waals surface area contributed by atoms with Gasteiger partial charge in [-0.25, -0.2) is 8.78 Å². The molecule has 0 aromatic heterocycles. The van der Waals surface area contributed by atoms with Crippen molar-refractivity contribution in [2.45, 2.75) is 31.2 Å². The van der Waals surface area contributed by atoms with E-state index < -0.39 is 12.0 Å². The lowest BCUT2D eigenvalue weighted by atomic mass is 10.2. The Balaban J connectivity index is 2.30. The van der Waals surface area contributed by atoms with Gasteiger partial charge >= 0.3 is 0 Å². The first-order valence-corrected chi connectivity index (χ1v) is 3.18. The van der Waals surface area contributed by atoms with Crippen molar-refractivity contribution < 1.29 is 13.6 Å². The van der Waals surface area contributed by atoms with Crippen molar-refractivity contribution in [3.05, 3.63) is 0 Å². The molecule has 0 atom stereocenters. The molecule has 1 N–H and O–H groups in total. The Labute approximate surface area is 57.6 Å². The minimum absolute atomic E-state index is 0.203. The normalized spacial score (nSPS) is 20.7. The molecular formula is C6H9F2NO. The van der Waals surface area contributed by atoms with Crippen molar-refractivity contribution in [1.82, 2.24) is 5.32 Å². The summed E-state index contributed by atoms with van der Waals surface area (Å²) in [6.45, 7) is 0. The third kappa shape index (κ3) is 1.65. The molecular weight excluding hydrogens is 140 g/mol. The summed E-state index contributed by atoms with van der Waals surface area (Å²) in [6.07, 6.45) is -0.636. The highest BCUT2D eigenvalue weighted by molar-refractivity contribution is 5.49. The van der Waals surface area contributed by atoms with Gasteiger partial charge in [0.25, 0.3) is 0 Å². The van der Waals surface area contributed by atoms with E-state index in [-0.39, 0.29) is 6.42 Å². The maximum absolute atomic E-state index is 11.7. The summed E-state index contributed by atoms with van der Waals surface area (Å²) in [4.78, 5) is 9.89. The molecule has 1 rings (SSSR count). The molecule has 1 amide bonds. The van der Waals surface area contributed by atoms with Gasteiger partial charge in [-0.2, -0.15) is 0 Å². The molecule has 10 heavy (non-hydrogen) atoms. The molecule has 0 aromatic carbocycles. The largest absolute Gasteiger partial charge is 0.353 e. The van der Waals surface area contributed by atoms with Crippen LogP contribution in [0.15, 0.2) is 0 Å². The smallest absolute Gasteiger partial charge is 0.240 e. The quantitative estimate of drug-likeness (QED) is 0.591. The molecule has 0 aromatic rings. The standard InChI is InChI=1S/C6H9F2NO/c7-5(8)3-6(1-2-6)9-4-10/h4-5H,1-3H2,(H,9,10). The number of alkyl halides is 2. The summed E-state index contributed by atoms with van der Waals surface area (Å²) >= 11 is 0. The van der Waals surface area contributed by atoms with Crippen molar-refractivity contribution >= 4 is 6.41 Å². The van der Waals surface area contributed by atoms with Crippen molar-refractivity contribution in [2.24, 2.45) is 0 Å². The van der Waals surface area contributed by atoms with Crippen molar-refractivity contribution in [2.75, 3.05) is 0 Å². The van der Waals surface area contributed by atoms with Crippen LogP contribution >= 0.6 is 0 Å². The lowest BCUT2D eigenvalue weighted by Crippen LogP contribution is -2.31. The number of amides is 1. The van der Waals surface area contributed by atoms with Gasteiger partial charge in [0, 0.05) is 12.0 Å². The predicted octanol–water partition coefficient (Wildman–Crippen LogP) is 0.920. The Bertz CT molecular complexity index is 134. The fraction of sp³-hybridized carbons (Fsp3) is 0.833. The highest BCUT2D eigenvalue weighted by Gasteiger charge is 2.44. The van der Waals surface area contributed by atoms with E-state index in [2.05, 4.69) is 5.32 Å². The summed E-state index contributed by atoms with van der Waals surface area (Å²) in [6, 6.07) is 0. The molecule has 1 aliphatic carbocycles. The van der Waals surface area contributed by atoms with Crippen LogP contribution in [0.5, 0.6) is 0 Å². The summed E-state index contributed by atoms with van der Waals surface area (Å²) in [5.41, 5.74) is -0.546. The third-order valence-electron chi connectivity index (χ3n) is 1.76. The maximum Gasteiger partial charge on any atom is 0.240 e. The Morgan fingerprint density at radius 3 is 2.50 bits per heavy atom. The zero-order valence-electron chi connectivity index (χ0n) is 5.44. The average Bonchev–Trinajstić information content (AvgIpc) is 2.47. The fourth-order valence-electron chi connectivity index (χ4n) is 0.979. The molecule has 0 aliphatic heterocycles. The Hall–Kier alpha value is -0.670. The molecule has 58 valence electrons. The van der Waals surface area contributed by atoms with Gasteiger partial charge in [0.05, 0.1) is 0 Å². The lowest BCUT2D eigenvalue weighted by Gasteiger charge is -2.11. The van der Waals surface area contributed by atoms with Crippen LogP contribution in [0, 0.1) is 0 Å². The van der Waals surface area contributed by atoms with Gasteiger partial charge in [-0.3, -0.25) is 4.79 Å². The number of nitrogens with one attached hydrogen (secondary N) is 1. The van der Waals surface area contributed by atoms with Crippen LogP contribution in [0.1, 0.15) is 19.3 Å². The van der Waals surface area contributed by atoms with E-state index in [1.54, 1.807) is 0 Å². The number of hydrogen-bond donors (Lipinski definition) is 1. The highest BCUT2D eigenvalue weighted by atomic mass is 19.3. The van der Waals surface area contributed by atoms with Crippen molar-refractivity contribution in [3.63, 3.8) is 0 Å². The van der Waals surface area contributed by atoms with Crippen LogP contribution in [0.4, 0.5) is 8.78 Å². The average molecular weight is 149 g/mol. The summed E-state index contributed by atoms with van der Waals surface area (Å²) in [5, 5.41) is 2.40. The first-order valence-electron chi connectivity index (χ1n) is 3.18. The van der Waals surface area contributed by atoms with Gasteiger partial charge in [-0.05, 0) is 12.8 Å². The van der Waals surface area contributed by atoms with Crippen LogP contribution in [0.25, 0.3) is 0 Å². The summed E-state index contributed by atoms with van der Waals surface area (Å²) < 4.78 is 23.5. The molecule has 0 heterocycles. The zero-order chi connectivity index (χ0) is 7.61. The van der Waals surface area contributed by atoms with Crippen LogP contribution in [0.2, 0.25) is 0 Å². The molecule has 1 aliphatic rings. The molecule has 0 radical (unpaired) electrons. The Morgan fingerprint density at radius 2 is 2.20 bits per heavy atom. The maximum atomic E-state index is 11.7. The van der Waals surface area contributed by atoms with Gasteiger partial charge in [-0.15, -0.1) is 0 Å². The predicted molar refractivity (Wildman–Crippen MR) is 31.8 cm³/mol. The lowest BCUT2D eigenvalue weighted by molar-refractivity contribution is -0.110. The van der Waals surface area contributed by atoms with E-state index in [9.17, 15) is 13.6 Å². The second kappa shape index (κ2) is 2.52. The van der Waals surface area contributed by atoms with E-state index in [1.165, 1.54) is 0 Å². The molecule has 2 nitrogen and oxygen atoms in total. The van der Waals surface area contributed by atoms with Gasteiger partial charge in [-0.1, -0.05) is 0 Å². The molecule has 4 heteroatoms. The van der Waals surface area contributed by atoms with E-state index in [4.69, 9.17) is 0 Å². The number of carbonyl (C=O) groups excluding carboxylic acids is 1. The van der Waals surface area contributed by atoms with Gasteiger partial charge in [0.2, 0.25) is 12.8 Å². The van der Waals surface area contributed by atoms with Crippen LogP contribution in [-0.2, 0) is 4.79 Å². The van der Waals surface area contributed by atoms with E-state index in [0.29, 0.717) is 19.3 Å². The topological polar surface area (TPSA) is 29.1 Å². The molecule has 0 unspecified atom stereocenters. The first kappa shape index (κ1) is 7.44. The van der Waals surface area contributed by atoms with Gasteiger partial charge in [0.15, 0.2) is 0 Å². The van der Waals surface area contributed by atoms with E-state index in [0.717, 1.165) is 0 Å². The summed E-state index contributed by atoms with van der Waals surface area (Å²) in [7, 11) is 0. The van der Waals surface area contributed by atoms with Gasteiger partial charge < -0.3 is 5.32 Å². The fourth-order valence-corrected chi connectivity index (χ4v) is 0.979. The third-order valence-corrected chi connectivity index (χ3v) is 1.76. The Morgan fingerprint density at radius 1 is 1.60 bits per heavy atom. The van der Waals surface area contributed by atoms with E-state index in [1.807, 2.05) is 0 Å². The number of halogens is 2. The van der Waals surface area contributed by atoms with Crippen molar-refractivity contribution in [3.8, 4) is 0 Å². The number of carbonyl (C=O) groups is 1. The second-order valence-corrected chi connectivity index (χ2v) is 2.64. The minimum Gasteiger partial charge on any atom is -0.353 e. The second-order valence-electron chi connectivity index (χ2n) is 2.64. The number of hydrogen-bond acceptors (Lipinski definition) is 1. The molecule has 1 saturated carbocycles. The highest BCUT2D eigenvalue weighted by Crippen LogP contribution is 2.39. The van der Waals surface area contributed by atoms with Crippen LogP contribution in [0.3, 0.4) is 0 Å². The minimum atomic E-state index is -2.31. The van der Waals surface area contributed by atoms with E-state index >= 15 is 0 Å². The zero-order valence-corrected chi connectivity index (χ0v) is 5.44. The first-order chi connectivity index (χ1) is 4.68. The van der Waals surface area contributed by atoms with Crippen molar-refractivity contribution in [1.29, 1.82) is 0 Å². The SMILES string of the molecule is O=CNC1(CC(F)F)CC1. The van der Waals surface area contributed by atoms with Crippen LogP contribution < -0.4 is 5.32 Å². The number of rotatable bonds is 4. The van der Waals surface area contributed by atoms with Gasteiger partial charge in [0.1, 0.15) is 0 Å². The molecule has 0 saturated heterocycles. The van der Waals surface area contributed by atoms with Crippen LogP contribution in [-0.4, -0.2) is 18.4 Å².